The van der Waals surface area contributed by atoms with Crippen molar-refractivity contribution < 1.29 is 14.3 Å². The monoisotopic (exact) mass is 371 g/mol. The van der Waals surface area contributed by atoms with Crippen molar-refractivity contribution in [1.29, 1.82) is 0 Å². The number of likely N-dealkylation sites (tertiary alicyclic amines) is 1. The standard InChI is InChI=1S/C19H25N5O3/c1-27-11-8-21-18(25)16-17-20-7-4-15(24(17)12-22-16)13-5-9-23(10-6-13)19(26)14-2-3-14/h4,7,12-14H,2-3,5-6,8-11H2,1H3,(H,21,25). The zero-order chi connectivity index (χ0) is 18.8. The Morgan fingerprint density at radius 3 is 2.70 bits per heavy atom. The Kier molecular flexibility index (Phi) is 5.07. The second-order valence-electron chi connectivity index (χ2n) is 7.28. The highest BCUT2D eigenvalue weighted by atomic mass is 16.5. The van der Waals surface area contributed by atoms with Crippen LogP contribution in [0.25, 0.3) is 5.65 Å². The molecule has 1 aliphatic carbocycles. The molecule has 8 heteroatoms. The molecular formula is C19H25N5O3. The summed E-state index contributed by atoms with van der Waals surface area (Å²) >= 11 is 0. The average Bonchev–Trinajstić information content (AvgIpc) is 3.46. The van der Waals surface area contributed by atoms with Crippen LogP contribution in [0.5, 0.6) is 0 Å². The van der Waals surface area contributed by atoms with E-state index >= 15 is 0 Å². The first kappa shape index (κ1) is 17.9. The van der Waals surface area contributed by atoms with Gasteiger partial charge in [-0.25, -0.2) is 9.97 Å². The average molecular weight is 371 g/mol. The summed E-state index contributed by atoms with van der Waals surface area (Å²) in [6, 6.07) is 1.99. The number of rotatable bonds is 6. The summed E-state index contributed by atoms with van der Waals surface area (Å²) in [7, 11) is 1.59. The minimum absolute atomic E-state index is 0.246. The van der Waals surface area contributed by atoms with Crippen LogP contribution in [-0.4, -0.2) is 64.4 Å². The molecule has 2 aromatic rings. The van der Waals surface area contributed by atoms with E-state index in [1.165, 1.54) is 0 Å². The summed E-state index contributed by atoms with van der Waals surface area (Å²) in [4.78, 5) is 35.3. The molecule has 1 aliphatic heterocycles. The SMILES string of the molecule is COCCNC(=O)c1ncn2c(C3CCN(C(=O)C4CC4)CC3)ccnc12. The van der Waals surface area contributed by atoms with Crippen molar-refractivity contribution in [2.75, 3.05) is 33.4 Å². The van der Waals surface area contributed by atoms with Crippen molar-refractivity contribution in [2.45, 2.75) is 31.6 Å². The second kappa shape index (κ2) is 7.64. The number of nitrogens with one attached hydrogen (secondary N) is 1. The molecule has 1 saturated heterocycles. The normalized spacial score (nSPS) is 18.0. The number of hydrogen-bond acceptors (Lipinski definition) is 5. The van der Waals surface area contributed by atoms with Gasteiger partial charge in [-0.15, -0.1) is 0 Å². The molecule has 144 valence electrons. The third-order valence-corrected chi connectivity index (χ3v) is 5.42. The molecule has 0 spiro atoms. The number of nitrogens with zero attached hydrogens (tertiary/aromatic N) is 4. The number of amides is 2. The number of carbonyl (C=O) groups excluding carboxylic acids is 2. The van der Waals surface area contributed by atoms with Gasteiger partial charge in [0.1, 0.15) is 6.33 Å². The van der Waals surface area contributed by atoms with Gasteiger partial charge in [0.05, 0.1) is 6.61 Å². The molecule has 3 heterocycles. The zero-order valence-corrected chi connectivity index (χ0v) is 15.6. The topological polar surface area (TPSA) is 88.8 Å². The van der Waals surface area contributed by atoms with E-state index in [0.717, 1.165) is 44.5 Å². The van der Waals surface area contributed by atoms with Gasteiger partial charge in [-0.3, -0.25) is 14.0 Å². The van der Waals surface area contributed by atoms with Crippen molar-refractivity contribution in [1.82, 2.24) is 24.6 Å². The number of aromatic nitrogens is 3. The molecule has 2 fully saturated rings. The van der Waals surface area contributed by atoms with Gasteiger partial charge in [0.2, 0.25) is 5.91 Å². The van der Waals surface area contributed by atoms with Crippen LogP contribution in [0.4, 0.5) is 0 Å². The molecule has 0 radical (unpaired) electrons. The molecule has 27 heavy (non-hydrogen) atoms. The minimum atomic E-state index is -0.246. The van der Waals surface area contributed by atoms with Gasteiger partial charge < -0.3 is 15.0 Å². The molecule has 0 atom stereocenters. The number of fused-ring (bicyclic) bond motifs is 1. The number of ether oxygens (including phenoxy) is 1. The van der Waals surface area contributed by atoms with E-state index in [1.54, 1.807) is 19.6 Å². The van der Waals surface area contributed by atoms with E-state index in [9.17, 15) is 9.59 Å². The van der Waals surface area contributed by atoms with E-state index in [2.05, 4.69) is 15.3 Å². The van der Waals surface area contributed by atoms with E-state index in [-0.39, 0.29) is 11.8 Å². The van der Waals surface area contributed by atoms with Crippen LogP contribution in [0, 0.1) is 5.92 Å². The van der Waals surface area contributed by atoms with Crippen LogP contribution < -0.4 is 5.32 Å². The largest absolute Gasteiger partial charge is 0.383 e. The molecule has 2 amide bonds. The van der Waals surface area contributed by atoms with E-state index in [0.29, 0.717) is 36.3 Å². The van der Waals surface area contributed by atoms with Crippen LogP contribution in [0.15, 0.2) is 18.6 Å². The first-order chi connectivity index (χ1) is 13.2. The maximum Gasteiger partial charge on any atom is 0.273 e. The Labute approximate surface area is 157 Å². The summed E-state index contributed by atoms with van der Waals surface area (Å²) in [5, 5.41) is 2.79. The van der Waals surface area contributed by atoms with Gasteiger partial charge in [0.15, 0.2) is 11.3 Å². The van der Waals surface area contributed by atoms with Crippen molar-refractivity contribution >= 4 is 17.5 Å². The number of piperidine rings is 1. The lowest BCUT2D eigenvalue weighted by atomic mass is 9.93. The number of imidazole rings is 1. The molecule has 0 unspecified atom stereocenters. The molecule has 0 aromatic carbocycles. The summed E-state index contributed by atoms with van der Waals surface area (Å²) in [6.45, 7) is 2.47. The molecular weight excluding hydrogens is 346 g/mol. The van der Waals surface area contributed by atoms with Gasteiger partial charge in [-0.2, -0.15) is 0 Å². The fourth-order valence-electron chi connectivity index (χ4n) is 3.75. The Balaban J connectivity index is 1.48. The molecule has 0 bridgehead atoms. The lowest BCUT2D eigenvalue weighted by Gasteiger charge is -2.32. The highest BCUT2D eigenvalue weighted by Gasteiger charge is 2.35. The second-order valence-corrected chi connectivity index (χ2v) is 7.28. The molecule has 1 N–H and O–H groups in total. The zero-order valence-electron chi connectivity index (χ0n) is 15.6. The number of carbonyl (C=O) groups is 2. The molecule has 8 nitrogen and oxygen atoms in total. The van der Waals surface area contributed by atoms with E-state index in [4.69, 9.17) is 4.74 Å². The number of methoxy groups -OCH3 is 1. The summed E-state index contributed by atoms with van der Waals surface area (Å²) in [5.74, 6) is 0.689. The third kappa shape index (κ3) is 3.66. The van der Waals surface area contributed by atoms with Crippen LogP contribution in [0.3, 0.4) is 0 Å². The van der Waals surface area contributed by atoms with Crippen LogP contribution >= 0.6 is 0 Å². The van der Waals surface area contributed by atoms with Gasteiger partial charge in [0.25, 0.3) is 5.91 Å². The van der Waals surface area contributed by atoms with E-state index in [1.807, 2.05) is 15.4 Å². The quantitative estimate of drug-likeness (QED) is 0.772. The van der Waals surface area contributed by atoms with Crippen molar-refractivity contribution in [3.05, 3.63) is 30.0 Å². The molecule has 4 rings (SSSR count). The summed E-state index contributed by atoms with van der Waals surface area (Å²) in [5.41, 5.74) is 2.00. The Morgan fingerprint density at radius 2 is 2.00 bits per heavy atom. The smallest absolute Gasteiger partial charge is 0.273 e. The van der Waals surface area contributed by atoms with Crippen LogP contribution in [0.2, 0.25) is 0 Å². The predicted molar refractivity (Wildman–Crippen MR) is 98.5 cm³/mol. The molecule has 1 saturated carbocycles. The highest BCUT2D eigenvalue weighted by molar-refractivity contribution is 5.97. The van der Waals surface area contributed by atoms with Crippen molar-refractivity contribution in [3.8, 4) is 0 Å². The molecule has 2 aromatic heterocycles. The van der Waals surface area contributed by atoms with Gasteiger partial charge in [-0.05, 0) is 31.7 Å². The Hall–Kier alpha value is -2.48. The summed E-state index contributed by atoms with van der Waals surface area (Å²) in [6.07, 6.45) is 7.35. The van der Waals surface area contributed by atoms with Gasteiger partial charge >= 0.3 is 0 Å². The first-order valence-corrected chi connectivity index (χ1v) is 9.57. The Morgan fingerprint density at radius 1 is 1.22 bits per heavy atom. The Bertz CT molecular complexity index is 837. The van der Waals surface area contributed by atoms with Crippen LogP contribution in [-0.2, 0) is 9.53 Å². The van der Waals surface area contributed by atoms with Crippen molar-refractivity contribution in [2.24, 2.45) is 5.92 Å². The van der Waals surface area contributed by atoms with Crippen molar-refractivity contribution in [3.63, 3.8) is 0 Å². The van der Waals surface area contributed by atoms with Gasteiger partial charge in [-0.1, -0.05) is 0 Å². The van der Waals surface area contributed by atoms with E-state index < -0.39 is 0 Å². The fraction of sp³-hybridized carbons (Fsp3) is 0.579. The lowest BCUT2D eigenvalue weighted by Crippen LogP contribution is -2.39. The maximum absolute atomic E-state index is 12.3. The highest BCUT2D eigenvalue weighted by Crippen LogP contribution is 2.34. The predicted octanol–water partition coefficient (Wildman–Crippen LogP) is 1.22. The van der Waals surface area contributed by atoms with Gasteiger partial charge in [0, 0.05) is 50.5 Å². The number of hydrogen-bond donors (Lipinski definition) is 1. The lowest BCUT2D eigenvalue weighted by molar-refractivity contribution is -0.133. The first-order valence-electron chi connectivity index (χ1n) is 9.57. The molecule has 2 aliphatic rings. The van der Waals surface area contributed by atoms with Crippen LogP contribution in [0.1, 0.15) is 47.8 Å². The third-order valence-electron chi connectivity index (χ3n) is 5.42. The fourth-order valence-corrected chi connectivity index (χ4v) is 3.75. The minimum Gasteiger partial charge on any atom is -0.383 e. The summed E-state index contributed by atoms with van der Waals surface area (Å²) < 4.78 is 6.87. The maximum atomic E-state index is 12.3.